The predicted octanol–water partition coefficient (Wildman–Crippen LogP) is 2.64. The quantitative estimate of drug-likeness (QED) is 0.813. The Labute approximate surface area is 155 Å². The van der Waals surface area contributed by atoms with E-state index in [2.05, 4.69) is 11.1 Å². The fourth-order valence-corrected chi connectivity index (χ4v) is 3.83. The Hall–Kier alpha value is -2.92. The molecule has 0 saturated heterocycles. The first kappa shape index (κ1) is 17.9. The lowest BCUT2D eigenvalue weighted by molar-refractivity contribution is -0.139. The van der Waals surface area contributed by atoms with E-state index in [9.17, 15) is 10.1 Å². The van der Waals surface area contributed by atoms with Crippen molar-refractivity contribution in [2.45, 2.75) is 19.9 Å². The van der Waals surface area contributed by atoms with E-state index < -0.39 is 12.0 Å². The summed E-state index contributed by atoms with van der Waals surface area (Å²) in [7, 11) is 1.59. The number of hydrogen-bond donors (Lipinski definition) is 1. The second-order valence-corrected chi connectivity index (χ2v) is 6.57. The molecule has 0 unspecified atom stereocenters. The van der Waals surface area contributed by atoms with Crippen LogP contribution < -0.4 is 10.5 Å². The maximum atomic E-state index is 12.6. The highest BCUT2D eigenvalue weighted by molar-refractivity contribution is 8.17. The van der Waals surface area contributed by atoms with E-state index >= 15 is 0 Å². The lowest BCUT2D eigenvalue weighted by Gasteiger charge is -2.34. The second kappa shape index (κ2) is 7.14. The number of nitrogens with two attached hydrogens (primary N) is 1. The van der Waals surface area contributed by atoms with E-state index in [0.717, 1.165) is 5.56 Å². The third-order valence-corrected chi connectivity index (χ3v) is 5.08. The molecule has 0 spiro atoms. The molecule has 2 aliphatic rings. The standard InChI is InChI=1S/C18H18N4O3S/c1-4-25-17(23)14-10(2)21-18-22(16(20)13(9-19)26-18)15(14)11-5-7-12(24-3)8-6-11/h5-8,15H,4,20H2,1-3H3/t15-/m0/s1. The first-order valence-electron chi connectivity index (χ1n) is 7.99. The molecule has 7 nitrogen and oxygen atoms in total. The summed E-state index contributed by atoms with van der Waals surface area (Å²) in [5.74, 6) is 0.539. The number of allylic oxidation sites excluding steroid dienone is 2. The zero-order valence-corrected chi connectivity index (χ0v) is 15.5. The number of ether oxygens (including phenoxy) is 2. The van der Waals surface area contributed by atoms with Crippen LogP contribution in [0.2, 0.25) is 0 Å². The zero-order chi connectivity index (χ0) is 18.8. The van der Waals surface area contributed by atoms with Gasteiger partial charge in [-0.25, -0.2) is 9.79 Å². The van der Waals surface area contributed by atoms with Gasteiger partial charge in [-0.05, 0) is 43.3 Å². The minimum absolute atomic E-state index is 0.255. The van der Waals surface area contributed by atoms with E-state index in [1.807, 2.05) is 24.3 Å². The molecule has 26 heavy (non-hydrogen) atoms. The summed E-state index contributed by atoms with van der Waals surface area (Å²) in [5.41, 5.74) is 7.97. The maximum Gasteiger partial charge on any atom is 0.338 e. The minimum Gasteiger partial charge on any atom is -0.497 e. The molecular formula is C18H18N4O3S. The molecule has 0 saturated carbocycles. The van der Waals surface area contributed by atoms with E-state index in [1.165, 1.54) is 11.8 Å². The van der Waals surface area contributed by atoms with Crippen molar-refractivity contribution in [1.29, 1.82) is 5.26 Å². The third-order valence-electron chi connectivity index (χ3n) is 4.10. The molecule has 1 aromatic rings. The molecule has 1 atom stereocenters. The number of aliphatic imine (C=N–C) groups is 1. The van der Waals surface area contributed by atoms with E-state index in [1.54, 1.807) is 25.9 Å². The largest absolute Gasteiger partial charge is 0.497 e. The third kappa shape index (κ3) is 2.91. The minimum atomic E-state index is -0.522. The van der Waals surface area contributed by atoms with Gasteiger partial charge in [-0.2, -0.15) is 5.26 Å². The molecular weight excluding hydrogens is 352 g/mol. The van der Waals surface area contributed by atoms with Gasteiger partial charge in [0.25, 0.3) is 0 Å². The molecule has 3 rings (SSSR count). The molecule has 0 aliphatic carbocycles. The van der Waals surface area contributed by atoms with Crippen LogP contribution in [0.3, 0.4) is 0 Å². The number of amidine groups is 1. The molecule has 2 aliphatic heterocycles. The number of esters is 1. The van der Waals surface area contributed by atoms with Gasteiger partial charge >= 0.3 is 5.97 Å². The summed E-state index contributed by atoms with van der Waals surface area (Å²) in [5, 5.41) is 9.90. The van der Waals surface area contributed by atoms with Crippen LogP contribution in [0, 0.1) is 11.3 Å². The zero-order valence-electron chi connectivity index (χ0n) is 14.6. The summed E-state index contributed by atoms with van der Waals surface area (Å²) in [6, 6.07) is 8.91. The van der Waals surface area contributed by atoms with Gasteiger partial charge in [0, 0.05) is 0 Å². The van der Waals surface area contributed by atoms with Gasteiger partial charge in [-0.1, -0.05) is 12.1 Å². The van der Waals surface area contributed by atoms with Gasteiger partial charge in [0.1, 0.15) is 22.5 Å². The number of carbonyl (C=O) groups is 1. The smallest absolute Gasteiger partial charge is 0.338 e. The van der Waals surface area contributed by atoms with Crippen molar-refractivity contribution < 1.29 is 14.3 Å². The molecule has 0 amide bonds. The molecule has 0 aromatic heterocycles. The van der Waals surface area contributed by atoms with Crippen molar-refractivity contribution in [2.75, 3.05) is 13.7 Å². The first-order valence-corrected chi connectivity index (χ1v) is 8.80. The van der Waals surface area contributed by atoms with Crippen molar-refractivity contribution in [3.05, 3.63) is 51.8 Å². The molecule has 8 heteroatoms. The van der Waals surface area contributed by atoms with E-state index in [4.69, 9.17) is 15.2 Å². The number of nitrogens with zero attached hydrogens (tertiary/aromatic N) is 3. The van der Waals surface area contributed by atoms with Crippen LogP contribution in [0.5, 0.6) is 5.75 Å². The SMILES string of the molecule is CCOC(=O)C1=C(C)N=C2SC(C#N)=C(N)N2[C@H]1c1ccc(OC)cc1. The molecule has 1 aromatic carbocycles. The summed E-state index contributed by atoms with van der Waals surface area (Å²) >= 11 is 1.20. The van der Waals surface area contributed by atoms with Crippen molar-refractivity contribution in [3.8, 4) is 11.8 Å². The van der Waals surface area contributed by atoms with Gasteiger partial charge in [-0.3, -0.25) is 4.90 Å². The lowest BCUT2D eigenvalue weighted by Crippen LogP contribution is -2.38. The Balaban J connectivity index is 2.15. The number of nitriles is 1. The van der Waals surface area contributed by atoms with Crippen molar-refractivity contribution in [1.82, 2.24) is 4.90 Å². The van der Waals surface area contributed by atoms with E-state index in [-0.39, 0.29) is 12.4 Å². The Morgan fingerprint density at radius 1 is 1.42 bits per heavy atom. The number of rotatable bonds is 4. The highest BCUT2D eigenvalue weighted by atomic mass is 32.2. The van der Waals surface area contributed by atoms with Crippen LogP contribution in [-0.2, 0) is 9.53 Å². The van der Waals surface area contributed by atoms with Gasteiger partial charge in [-0.15, -0.1) is 0 Å². The topological polar surface area (TPSA) is 101 Å². The molecule has 0 radical (unpaired) electrons. The van der Waals surface area contributed by atoms with Crippen LogP contribution >= 0.6 is 11.8 Å². The summed E-state index contributed by atoms with van der Waals surface area (Å²) in [6.07, 6.45) is 0. The van der Waals surface area contributed by atoms with Crippen LogP contribution in [0.4, 0.5) is 0 Å². The molecule has 2 heterocycles. The Morgan fingerprint density at radius 2 is 2.12 bits per heavy atom. The molecule has 134 valence electrons. The van der Waals surface area contributed by atoms with Gasteiger partial charge in [0.15, 0.2) is 5.17 Å². The van der Waals surface area contributed by atoms with Crippen LogP contribution in [0.15, 0.2) is 51.3 Å². The first-order chi connectivity index (χ1) is 12.5. The predicted molar refractivity (Wildman–Crippen MR) is 98.8 cm³/mol. The fourth-order valence-electron chi connectivity index (χ4n) is 2.91. The van der Waals surface area contributed by atoms with Crippen LogP contribution in [0.1, 0.15) is 25.5 Å². The fraction of sp³-hybridized carbons (Fsp3) is 0.278. The number of hydrogen-bond acceptors (Lipinski definition) is 8. The van der Waals surface area contributed by atoms with Gasteiger partial charge < -0.3 is 15.2 Å². The van der Waals surface area contributed by atoms with Gasteiger partial charge in [0.05, 0.1) is 31.0 Å². The van der Waals surface area contributed by atoms with Crippen molar-refractivity contribution in [2.24, 2.45) is 10.7 Å². The number of fused-ring (bicyclic) bond motifs is 1. The highest BCUT2D eigenvalue weighted by Gasteiger charge is 2.42. The molecule has 0 fully saturated rings. The number of thioether (sulfide) groups is 1. The summed E-state index contributed by atoms with van der Waals surface area (Å²) in [6.45, 7) is 3.76. The van der Waals surface area contributed by atoms with Crippen LogP contribution in [-0.4, -0.2) is 29.8 Å². The van der Waals surface area contributed by atoms with Crippen molar-refractivity contribution in [3.63, 3.8) is 0 Å². The number of benzene rings is 1. The highest BCUT2D eigenvalue weighted by Crippen LogP contribution is 2.45. The Kier molecular flexibility index (Phi) is 4.91. The maximum absolute atomic E-state index is 12.6. The Bertz CT molecular complexity index is 881. The number of methoxy groups -OCH3 is 1. The summed E-state index contributed by atoms with van der Waals surface area (Å²) in [4.78, 5) is 19.2. The normalized spacial score (nSPS) is 19.1. The van der Waals surface area contributed by atoms with Crippen LogP contribution in [0.25, 0.3) is 0 Å². The second-order valence-electron chi connectivity index (χ2n) is 5.59. The average molecular weight is 370 g/mol. The average Bonchev–Trinajstić information content (AvgIpc) is 2.96. The van der Waals surface area contributed by atoms with Crippen molar-refractivity contribution >= 4 is 22.9 Å². The van der Waals surface area contributed by atoms with Gasteiger partial charge in [0.2, 0.25) is 0 Å². The Morgan fingerprint density at radius 3 is 2.69 bits per heavy atom. The molecule has 2 N–H and O–H groups in total. The number of carbonyl (C=O) groups excluding carboxylic acids is 1. The summed E-state index contributed by atoms with van der Waals surface area (Å²) < 4.78 is 10.4. The van der Waals surface area contributed by atoms with E-state index in [0.29, 0.717) is 27.1 Å². The lowest BCUT2D eigenvalue weighted by atomic mass is 9.94. The monoisotopic (exact) mass is 370 g/mol. The molecule has 0 bridgehead atoms.